The Morgan fingerprint density at radius 1 is 1.32 bits per heavy atom. The summed E-state index contributed by atoms with van der Waals surface area (Å²) in [5.74, 6) is -0.177. The van der Waals surface area contributed by atoms with Gasteiger partial charge in [0.15, 0.2) is 0 Å². The number of aliphatic hydroxyl groups excluding tert-OH is 1. The van der Waals surface area contributed by atoms with E-state index in [1.165, 1.54) is 0 Å². The van der Waals surface area contributed by atoms with Gasteiger partial charge in [-0.2, -0.15) is 0 Å². The fourth-order valence-electron chi connectivity index (χ4n) is 5.54. The molecule has 0 radical (unpaired) electrons. The molecule has 2 saturated heterocycles. The highest BCUT2D eigenvalue weighted by Gasteiger charge is 2.54. The molecule has 0 bridgehead atoms. The Morgan fingerprint density at radius 3 is 2.81 bits per heavy atom. The predicted molar refractivity (Wildman–Crippen MR) is 119 cm³/mol. The van der Waals surface area contributed by atoms with Gasteiger partial charge in [0.1, 0.15) is 0 Å². The molecule has 2 fully saturated rings. The molecule has 2 N–H and O–H groups in total. The number of nitrogens with zero attached hydrogens (tertiary/aromatic N) is 3. The van der Waals surface area contributed by atoms with Gasteiger partial charge in [-0.25, -0.2) is 0 Å². The van der Waals surface area contributed by atoms with Crippen molar-refractivity contribution in [1.82, 2.24) is 19.7 Å². The maximum Gasteiger partial charge on any atom is 0.258 e. The summed E-state index contributed by atoms with van der Waals surface area (Å²) in [5, 5.41) is 13.2. The third-order valence-electron chi connectivity index (χ3n) is 7.05. The third-order valence-corrected chi connectivity index (χ3v) is 7.05. The van der Waals surface area contributed by atoms with Crippen LogP contribution >= 0.6 is 0 Å². The van der Waals surface area contributed by atoms with Crippen LogP contribution in [0.1, 0.15) is 30.6 Å². The first-order valence-electron chi connectivity index (χ1n) is 11.3. The third kappa shape index (κ3) is 4.22. The molecule has 4 heterocycles. The summed E-state index contributed by atoms with van der Waals surface area (Å²) in [6.07, 6.45) is 4.58. The number of amides is 1. The van der Waals surface area contributed by atoms with Crippen molar-refractivity contribution in [2.75, 3.05) is 53.0 Å². The quantitative estimate of drug-likeness (QED) is 0.606. The molecule has 31 heavy (non-hydrogen) atoms. The lowest BCUT2D eigenvalue weighted by Crippen LogP contribution is -2.47. The number of aliphatic hydroxyl groups is 1. The number of pyridine rings is 1. The monoisotopic (exact) mass is 430 g/mol. The maximum absolute atomic E-state index is 13.1. The fraction of sp³-hybridized carbons (Fsp3) is 0.652. The number of hydrogen-bond acceptors (Lipinski definition) is 6. The van der Waals surface area contributed by atoms with E-state index in [1.54, 1.807) is 0 Å². The van der Waals surface area contributed by atoms with Crippen molar-refractivity contribution < 1.29 is 14.6 Å². The van der Waals surface area contributed by atoms with Crippen LogP contribution in [0, 0.1) is 11.8 Å². The highest BCUT2D eigenvalue weighted by Crippen LogP contribution is 2.48. The topological polar surface area (TPSA) is 87.0 Å². The SMILES string of the molecule is C/C=C\c1ccc2n(c1=O)C[C@H]1[C@H](CO)[C@@H](C(=O)NCCCN3CCOCC3)N(C)[C@@H]21. The summed E-state index contributed by atoms with van der Waals surface area (Å²) >= 11 is 0. The van der Waals surface area contributed by atoms with Gasteiger partial charge in [0.25, 0.3) is 5.56 Å². The van der Waals surface area contributed by atoms with E-state index in [0.29, 0.717) is 18.7 Å². The first kappa shape index (κ1) is 22.2. The first-order valence-corrected chi connectivity index (χ1v) is 11.3. The van der Waals surface area contributed by atoms with E-state index in [4.69, 9.17) is 4.74 Å². The van der Waals surface area contributed by atoms with Gasteiger partial charge in [-0.15, -0.1) is 0 Å². The van der Waals surface area contributed by atoms with E-state index in [2.05, 4.69) is 15.1 Å². The summed E-state index contributed by atoms with van der Waals surface area (Å²) < 4.78 is 7.19. The highest BCUT2D eigenvalue weighted by molar-refractivity contribution is 5.82. The second kappa shape index (κ2) is 9.65. The zero-order chi connectivity index (χ0) is 22.0. The Labute approximate surface area is 183 Å². The van der Waals surface area contributed by atoms with Gasteiger partial charge in [0.2, 0.25) is 5.91 Å². The number of ether oxygens (including phenoxy) is 1. The van der Waals surface area contributed by atoms with Crippen molar-refractivity contribution in [3.05, 3.63) is 39.8 Å². The number of allylic oxidation sites excluding steroid dienone is 1. The van der Waals surface area contributed by atoms with E-state index in [1.807, 2.05) is 42.8 Å². The summed E-state index contributed by atoms with van der Waals surface area (Å²) in [5.41, 5.74) is 1.61. The van der Waals surface area contributed by atoms with Crippen molar-refractivity contribution >= 4 is 12.0 Å². The van der Waals surface area contributed by atoms with Gasteiger partial charge in [-0.3, -0.25) is 19.4 Å². The van der Waals surface area contributed by atoms with E-state index in [9.17, 15) is 14.7 Å². The molecule has 1 aromatic rings. The van der Waals surface area contributed by atoms with Crippen LogP contribution in [0.3, 0.4) is 0 Å². The van der Waals surface area contributed by atoms with Crippen LogP contribution in [0.5, 0.6) is 0 Å². The van der Waals surface area contributed by atoms with Gasteiger partial charge in [-0.05, 0) is 39.1 Å². The molecule has 170 valence electrons. The predicted octanol–water partition coefficient (Wildman–Crippen LogP) is 0.313. The zero-order valence-electron chi connectivity index (χ0n) is 18.5. The summed E-state index contributed by atoms with van der Waals surface area (Å²) in [6.45, 7) is 7.39. The summed E-state index contributed by atoms with van der Waals surface area (Å²) in [6, 6.07) is 3.43. The molecule has 4 rings (SSSR count). The lowest BCUT2D eigenvalue weighted by atomic mass is 9.88. The fourth-order valence-corrected chi connectivity index (χ4v) is 5.54. The molecular weight excluding hydrogens is 396 g/mol. The standard InChI is InChI=1S/C23H34N4O4/c1-3-5-16-6-7-19-20-17(14-27(19)23(16)30)18(15-28)21(25(20)2)22(29)24-8-4-9-26-10-12-31-13-11-26/h3,5-7,17-18,20-21,28H,4,8-15H2,1-2H3,(H,24,29)/b5-3-/t17-,18-,20+,21-/m0/s1. The lowest BCUT2D eigenvalue weighted by Gasteiger charge is -2.28. The van der Waals surface area contributed by atoms with Gasteiger partial charge < -0.3 is 19.7 Å². The molecule has 3 aliphatic heterocycles. The molecule has 8 heteroatoms. The van der Waals surface area contributed by atoms with Gasteiger partial charge >= 0.3 is 0 Å². The molecule has 1 amide bonds. The van der Waals surface area contributed by atoms with Gasteiger partial charge in [0, 0.05) is 55.9 Å². The molecular formula is C23H34N4O4. The molecule has 8 nitrogen and oxygen atoms in total. The van der Waals surface area contributed by atoms with E-state index >= 15 is 0 Å². The van der Waals surface area contributed by atoms with Crippen LogP contribution in [0.2, 0.25) is 0 Å². The minimum absolute atomic E-state index is 0.000737. The number of morpholine rings is 1. The maximum atomic E-state index is 13.1. The smallest absolute Gasteiger partial charge is 0.258 e. The minimum Gasteiger partial charge on any atom is -0.396 e. The average Bonchev–Trinajstić information content (AvgIpc) is 3.29. The van der Waals surface area contributed by atoms with Crippen molar-refractivity contribution in [2.45, 2.75) is 32.0 Å². The van der Waals surface area contributed by atoms with Crippen LogP contribution in [0.15, 0.2) is 23.0 Å². The number of likely N-dealkylation sites (tertiary alicyclic amines) is 1. The van der Waals surface area contributed by atoms with Crippen molar-refractivity contribution in [1.29, 1.82) is 0 Å². The molecule has 0 spiro atoms. The summed E-state index contributed by atoms with van der Waals surface area (Å²) in [4.78, 5) is 30.3. The number of fused-ring (bicyclic) bond motifs is 3. The van der Waals surface area contributed by atoms with Gasteiger partial charge in [-0.1, -0.05) is 12.2 Å². The number of likely N-dealkylation sites (N-methyl/N-ethyl adjacent to an activating group) is 1. The summed E-state index contributed by atoms with van der Waals surface area (Å²) in [7, 11) is 1.94. The molecule has 0 unspecified atom stereocenters. The average molecular weight is 431 g/mol. The van der Waals surface area contributed by atoms with E-state index in [0.717, 1.165) is 45.0 Å². The van der Waals surface area contributed by atoms with Crippen molar-refractivity contribution in [3.8, 4) is 0 Å². The van der Waals surface area contributed by atoms with Crippen LogP contribution in [0.4, 0.5) is 0 Å². The second-order valence-electron chi connectivity index (χ2n) is 8.79. The number of hydrogen-bond donors (Lipinski definition) is 2. The minimum atomic E-state index is -0.387. The van der Waals surface area contributed by atoms with Gasteiger partial charge in [0.05, 0.1) is 25.3 Å². The van der Waals surface area contributed by atoms with Crippen LogP contribution in [-0.2, 0) is 16.1 Å². The Balaban J connectivity index is 1.42. The van der Waals surface area contributed by atoms with Crippen LogP contribution in [0.25, 0.3) is 6.08 Å². The van der Waals surface area contributed by atoms with E-state index < -0.39 is 0 Å². The Hall–Kier alpha value is -2.00. The van der Waals surface area contributed by atoms with Crippen molar-refractivity contribution in [3.63, 3.8) is 0 Å². The molecule has 1 aromatic heterocycles. The Morgan fingerprint density at radius 2 is 2.10 bits per heavy atom. The molecule has 4 atom stereocenters. The molecule has 3 aliphatic rings. The second-order valence-corrected chi connectivity index (χ2v) is 8.79. The number of rotatable bonds is 7. The highest BCUT2D eigenvalue weighted by atomic mass is 16.5. The first-order chi connectivity index (χ1) is 15.1. The van der Waals surface area contributed by atoms with Crippen molar-refractivity contribution in [2.24, 2.45) is 11.8 Å². The number of carbonyl (C=O) groups is 1. The van der Waals surface area contributed by atoms with E-state index in [-0.39, 0.29) is 42.0 Å². The number of aromatic nitrogens is 1. The number of carbonyl (C=O) groups excluding carboxylic acids is 1. The Bertz CT molecular complexity index is 877. The lowest BCUT2D eigenvalue weighted by molar-refractivity contribution is -0.127. The number of nitrogens with one attached hydrogen (secondary N) is 1. The molecule has 0 aromatic carbocycles. The zero-order valence-corrected chi connectivity index (χ0v) is 18.5. The normalized spacial score (nSPS) is 28.7. The Kier molecular flexibility index (Phi) is 6.91. The van der Waals surface area contributed by atoms with Crippen LogP contribution < -0.4 is 10.9 Å². The molecule has 0 aliphatic carbocycles. The molecule has 0 saturated carbocycles. The van der Waals surface area contributed by atoms with Crippen LogP contribution in [-0.4, -0.2) is 84.5 Å². The largest absolute Gasteiger partial charge is 0.396 e.